The molecule has 0 radical (unpaired) electrons. The third kappa shape index (κ3) is 4.91. The van der Waals surface area contributed by atoms with Crippen LogP contribution in [0.5, 0.6) is 11.5 Å². The van der Waals surface area contributed by atoms with Crippen LogP contribution in [0.25, 0.3) is 6.08 Å². The molecule has 0 N–H and O–H groups in total. The van der Waals surface area contributed by atoms with E-state index in [9.17, 15) is 4.79 Å². The Morgan fingerprint density at radius 3 is 2.64 bits per heavy atom. The number of halogens is 1. The van der Waals surface area contributed by atoms with Gasteiger partial charge in [0.2, 0.25) is 0 Å². The number of ether oxygens (including phenoxy) is 3. The van der Waals surface area contributed by atoms with Crippen LogP contribution in [0.2, 0.25) is 0 Å². The highest BCUT2D eigenvalue weighted by Crippen LogP contribution is 2.35. The molecule has 1 aromatic carbocycles. The summed E-state index contributed by atoms with van der Waals surface area (Å²) in [6.45, 7) is 5.77. The van der Waals surface area contributed by atoms with Gasteiger partial charge in [-0.1, -0.05) is 0 Å². The number of carbonyl (C=O) groups is 1. The molecular weight excluding hydrogens is 397 g/mol. The molecule has 0 saturated heterocycles. The first-order chi connectivity index (χ1) is 10.4. The van der Waals surface area contributed by atoms with Crippen LogP contribution in [-0.2, 0) is 9.53 Å². The molecule has 0 aromatic heterocycles. The lowest BCUT2D eigenvalue weighted by molar-refractivity contribution is -0.137. The van der Waals surface area contributed by atoms with Gasteiger partial charge in [-0.3, -0.25) is 0 Å². The second-order valence-electron chi connectivity index (χ2n) is 4.59. The van der Waals surface area contributed by atoms with Crippen molar-refractivity contribution in [2.75, 3.05) is 13.7 Å². The molecule has 1 rings (SSSR count). The minimum atomic E-state index is -0.638. The molecular formula is C16H18INO4. The number of carbonyl (C=O) groups excluding carboxylic acids is 1. The van der Waals surface area contributed by atoms with Gasteiger partial charge >= 0.3 is 5.97 Å². The lowest BCUT2D eigenvalue weighted by Gasteiger charge is -2.16. The Labute approximate surface area is 144 Å². The Hall–Kier alpha value is -1.75. The Kier molecular flexibility index (Phi) is 7.18. The number of esters is 1. The van der Waals surface area contributed by atoms with Gasteiger partial charge in [-0.05, 0) is 67.1 Å². The van der Waals surface area contributed by atoms with Crippen LogP contribution in [0.3, 0.4) is 0 Å². The molecule has 118 valence electrons. The maximum atomic E-state index is 11.7. The monoisotopic (exact) mass is 415 g/mol. The fourth-order valence-corrected chi connectivity index (χ4v) is 2.44. The van der Waals surface area contributed by atoms with Crippen molar-refractivity contribution in [3.05, 3.63) is 26.8 Å². The van der Waals surface area contributed by atoms with Gasteiger partial charge < -0.3 is 14.2 Å². The van der Waals surface area contributed by atoms with E-state index in [-0.39, 0.29) is 18.3 Å². The quantitative estimate of drug-likeness (QED) is 0.308. The van der Waals surface area contributed by atoms with Crippen LogP contribution in [0.15, 0.2) is 17.7 Å². The fraction of sp³-hybridized carbons (Fsp3) is 0.375. The first kappa shape index (κ1) is 18.3. The lowest BCUT2D eigenvalue weighted by Crippen LogP contribution is -2.08. The smallest absolute Gasteiger partial charge is 0.348 e. The van der Waals surface area contributed by atoms with Gasteiger partial charge in [0, 0.05) is 0 Å². The van der Waals surface area contributed by atoms with Crippen molar-refractivity contribution in [1.82, 2.24) is 0 Å². The average Bonchev–Trinajstić information content (AvgIpc) is 2.46. The zero-order chi connectivity index (χ0) is 16.7. The van der Waals surface area contributed by atoms with E-state index in [1.807, 2.05) is 26.0 Å². The standard InChI is InChI=1S/C16H18INO4/c1-5-21-16(19)12(9-18)6-11-7-13(17)15(22-10(2)3)14(8-11)20-4/h6-8,10H,5H2,1-4H3/b12-6+. The van der Waals surface area contributed by atoms with Gasteiger partial charge in [0.1, 0.15) is 11.6 Å². The first-order valence-corrected chi connectivity index (χ1v) is 7.83. The van der Waals surface area contributed by atoms with Gasteiger partial charge in [-0.2, -0.15) is 5.26 Å². The topological polar surface area (TPSA) is 68.6 Å². The summed E-state index contributed by atoms with van der Waals surface area (Å²) in [7, 11) is 1.54. The molecule has 0 unspecified atom stereocenters. The molecule has 0 heterocycles. The predicted octanol–water partition coefficient (Wildman–Crippen LogP) is 3.56. The van der Waals surface area contributed by atoms with E-state index in [1.165, 1.54) is 6.08 Å². The van der Waals surface area contributed by atoms with Gasteiger partial charge in [0.15, 0.2) is 11.5 Å². The van der Waals surface area contributed by atoms with Crippen LogP contribution in [0, 0.1) is 14.9 Å². The van der Waals surface area contributed by atoms with E-state index in [4.69, 9.17) is 19.5 Å². The average molecular weight is 415 g/mol. The molecule has 0 aliphatic heterocycles. The van der Waals surface area contributed by atoms with E-state index < -0.39 is 5.97 Å². The first-order valence-electron chi connectivity index (χ1n) is 6.76. The van der Waals surface area contributed by atoms with Crippen molar-refractivity contribution in [1.29, 1.82) is 5.26 Å². The Morgan fingerprint density at radius 2 is 2.14 bits per heavy atom. The fourth-order valence-electron chi connectivity index (χ4n) is 1.69. The van der Waals surface area contributed by atoms with Crippen LogP contribution >= 0.6 is 22.6 Å². The molecule has 5 nitrogen and oxygen atoms in total. The molecule has 0 bridgehead atoms. The van der Waals surface area contributed by atoms with E-state index >= 15 is 0 Å². The van der Waals surface area contributed by atoms with Crippen LogP contribution in [0.4, 0.5) is 0 Å². The number of nitrogens with zero attached hydrogens (tertiary/aromatic N) is 1. The third-order valence-corrected chi connectivity index (χ3v) is 3.33. The predicted molar refractivity (Wildman–Crippen MR) is 91.7 cm³/mol. The molecule has 0 aliphatic rings. The number of nitriles is 1. The summed E-state index contributed by atoms with van der Waals surface area (Å²) in [5.41, 5.74) is 0.610. The van der Waals surface area contributed by atoms with Gasteiger partial charge in [-0.25, -0.2) is 4.79 Å². The number of benzene rings is 1. The zero-order valence-electron chi connectivity index (χ0n) is 13.0. The molecule has 0 atom stereocenters. The second-order valence-corrected chi connectivity index (χ2v) is 5.75. The Balaban J connectivity index is 3.24. The van der Waals surface area contributed by atoms with Crippen molar-refractivity contribution in [3.8, 4) is 17.6 Å². The number of methoxy groups -OCH3 is 1. The maximum absolute atomic E-state index is 11.7. The Morgan fingerprint density at radius 1 is 1.45 bits per heavy atom. The lowest BCUT2D eigenvalue weighted by atomic mass is 10.1. The van der Waals surface area contributed by atoms with Gasteiger partial charge in [0.25, 0.3) is 0 Å². The number of hydrogen-bond acceptors (Lipinski definition) is 5. The van der Waals surface area contributed by atoms with Crippen LogP contribution < -0.4 is 9.47 Å². The van der Waals surface area contributed by atoms with Gasteiger partial charge in [-0.15, -0.1) is 0 Å². The third-order valence-electron chi connectivity index (χ3n) is 2.53. The summed E-state index contributed by atoms with van der Waals surface area (Å²) in [4.78, 5) is 11.7. The SMILES string of the molecule is CCOC(=O)/C(C#N)=C/c1cc(I)c(OC(C)C)c(OC)c1. The molecule has 0 spiro atoms. The van der Waals surface area contributed by atoms with Gasteiger partial charge in [0.05, 0.1) is 23.4 Å². The summed E-state index contributed by atoms with van der Waals surface area (Å²) in [6, 6.07) is 5.39. The largest absolute Gasteiger partial charge is 0.493 e. The summed E-state index contributed by atoms with van der Waals surface area (Å²) in [5.74, 6) is 0.555. The normalized spacial score (nSPS) is 11.0. The van der Waals surface area contributed by atoms with Crippen LogP contribution in [0.1, 0.15) is 26.3 Å². The highest BCUT2D eigenvalue weighted by Gasteiger charge is 2.15. The van der Waals surface area contributed by atoms with Crippen molar-refractivity contribution < 1.29 is 19.0 Å². The molecule has 6 heteroatoms. The minimum Gasteiger partial charge on any atom is -0.493 e. The zero-order valence-corrected chi connectivity index (χ0v) is 15.1. The van der Waals surface area contributed by atoms with Crippen molar-refractivity contribution in [2.45, 2.75) is 26.9 Å². The van der Waals surface area contributed by atoms with Crippen molar-refractivity contribution in [3.63, 3.8) is 0 Å². The van der Waals surface area contributed by atoms with Crippen LogP contribution in [-0.4, -0.2) is 25.8 Å². The van der Waals surface area contributed by atoms with E-state index in [2.05, 4.69) is 22.6 Å². The van der Waals surface area contributed by atoms with E-state index in [0.717, 1.165) is 3.57 Å². The summed E-state index contributed by atoms with van der Waals surface area (Å²) in [6.07, 6.45) is 1.49. The maximum Gasteiger partial charge on any atom is 0.348 e. The second kappa shape index (κ2) is 8.63. The molecule has 0 saturated carbocycles. The highest BCUT2D eigenvalue weighted by atomic mass is 127. The summed E-state index contributed by atoms with van der Waals surface area (Å²) in [5, 5.41) is 9.08. The van der Waals surface area contributed by atoms with E-state index in [0.29, 0.717) is 17.1 Å². The number of hydrogen-bond donors (Lipinski definition) is 0. The highest BCUT2D eigenvalue weighted by molar-refractivity contribution is 14.1. The minimum absolute atomic E-state index is 0.0120. The molecule has 0 amide bonds. The molecule has 0 aliphatic carbocycles. The molecule has 0 fully saturated rings. The molecule has 22 heavy (non-hydrogen) atoms. The van der Waals surface area contributed by atoms with Crippen molar-refractivity contribution >= 4 is 34.6 Å². The van der Waals surface area contributed by atoms with E-state index in [1.54, 1.807) is 20.1 Å². The van der Waals surface area contributed by atoms with Crippen molar-refractivity contribution in [2.24, 2.45) is 0 Å². The Bertz CT molecular complexity index is 617. The molecule has 1 aromatic rings. The summed E-state index contributed by atoms with van der Waals surface area (Å²) >= 11 is 2.13. The number of rotatable bonds is 6. The summed E-state index contributed by atoms with van der Waals surface area (Å²) < 4.78 is 16.7.